The normalized spacial score (nSPS) is 26.8. The van der Waals surface area contributed by atoms with Crippen molar-refractivity contribution in [1.82, 2.24) is 0 Å². The molecule has 3 nitrogen and oxygen atoms in total. The van der Waals surface area contributed by atoms with E-state index in [1.54, 1.807) is 6.08 Å². The predicted octanol–water partition coefficient (Wildman–Crippen LogP) is 4.36. The van der Waals surface area contributed by atoms with Crippen molar-refractivity contribution < 1.29 is 25.8 Å². The molecule has 0 bridgehead atoms. The summed E-state index contributed by atoms with van der Waals surface area (Å²) in [4.78, 5) is 0. The average molecular weight is 354 g/mol. The van der Waals surface area contributed by atoms with Gasteiger partial charge in [0.25, 0.3) is 0 Å². The third-order valence-corrected chi connectivity index (χ3v) is 7.17. The molecule has 2 rings (SSSR count). The van der Waals surface area contributed by atoms with Crippen LogP contribution in [0.4, 0.5) is 13.2 Å². The third-order valence-electron chi connectivity index (χ3n) is 4.18. The summed E-state index contributed by atoms with van der Waals surface area (Å²) >= 11 is 0. The van der Waals surface area contributed by atoms with Crippen LogP contribution in [-0.2, 0) is 14.3 Å². The molecule has 2 atom stereocenters. The van der Waals surface area contributed by atoms with Crippen LogP contribution in [0.15, 0.2) is 23.1 Å². The van der Waals surface area contributed by atoms with Crippen molar-refractivity contribution >= 4 is 18.2 Å². The number of allylic oxidation sites excluding steroid dienone is 3. The molecule has 1 saturated carbocycles. The van der Waals surface area contributed by atoms with Crippen molar-refractivity contribution in [2.75, 3.05) is 0 Å². The average Bonchev–Trinajstić information content (AvgIpc) is 2.34. The number of hydrogen-bond acceptors (Lipinski definition) is 3. The first-order valence-corrected chi connectivity index (χ1v) is 12.3. The molecule has 0 spiro atoms. The maximum absolute atomic E-state index is 12.6. The Balaban J connectivity index is 2.38. The zero-order valence-corrected chi connectivity index (χ0v) is 14.7. The summed E-state index contributed by atoms with van der Waals surface area (Å²) in [6, 6.07) is 0. The van der Waals surface area contributed by atoms with Crippen LogP contribution in [0, 0.1) is 11.8 Å². The van der Waals surface area contributed by atoms with Gasteiger partial charge in [0.2, 0.25) is 0 Å². The van der Waals surface area contributed by atoms with Crippen LogP contribution >= 0.6 is 0 Å². The Morgan fingerprint density at radius 1 is 1.09 bits per heavy atom. The van der Waals surface area contributed by atoms with Gasteiger partial charge >= 0.3 is 15.6 Å². The van der Waals surface area contributed by atoms with E-state index >= 15 is 0 Å². The Labute approximate surface area is 130 Å². The van der Waals surface area contributed by atoms with Gasteiger partial charge in [-0.2, -0.15) is 21.6 Å². The van der Waals surface area contributed by atoms with E-state index in [0.717, 1.165) is 25.7 Å². The van der Waals surface area contributed by atoms with Gasteiger partial charge < -0.3 is 4.18 Å². The lowest BCUT2D eigenvalue weighted by Crippen LogP contribution is -2.34. The molecule has 1 fully saturated rings. The first-order chi connectivity index (χ1) is 9.92. The molecule has 0 radical (unpaired) electrons. The minimum Gasteiger partial charge on any atom is -0.377 e. The third kappa shape index (κ3) is 3.59. The fraction of sp³-hybridized carbons (Fsp3) is 0.714. The summed E-state index contributed by atoms with van der Waals surface area (Å²) in [5, 5.41) is 0.670. The summed E-state index contributed by atoms with van der Waals surface area (Å²) in [7, 11) is -7.63. The van der Waals surface area contributed by atoms with Crippen molar-refractivity contribution in [2.45, 2.75) is 50.8 Å². The minimum absolute atomic E-state index is 0.0762. The van der Waals surface area contributed by atoms with E-state index in [1.165, 1.54) is 0 Å². The smallest absolute Gasteiger partial charge is 0.377 e. The van der Waals surface area contributed by atoms with Gasteiger partial charge in [0.05, 0.1) is 8.07 Å². The van der Waals surface area contributed by atoms with Crippen molar-refractivity contribution in [3.8, 4) is 0 Å². The molecule has 0 aromatic heterocycles. The number of halogens is 3. The summed E-state index contributed by atoms with van der Waals surface area (Å²) in [6.07, 6.45) is 7.54. The van der Waals surface area contributed by atoms with Crippen LogP contribution in [-0.4, -0.2) is 22.0 Å². The monoisotopic (exact) mass is 354 g/mol. The molecule has 0 unspecified atom stereocenters. The molecule has 126 valence electrons. The van der Waals surface area contributed by atoms with Gasteiger partial charge in [0.1, 0.15) is 5.76 Å². The van der Waals surface area contributed by atoms with E-state index in [9.17, 15) is 21.6 Å². The van der Waals surface area contributed by atoms with Crippen LogP contribution < -0.4 is 0 Å². The number of hydrogen-bond donors (Lipinski definition) is 0. The summed E-state index contributed by atoms with van der Waals surface area (Å²) in [6.45, 7) is 5.91. The van der Waals surface area contributed by atoms with Gasteiger partial charge in [-0.25, -0.2) is 0 Å². The largest absolute Gasteiger partial charge is 0.534 e. The molecule has 2 aliphatic rings. The minimum atomic E-state index is -5.62. The topological polar surface area (TPSA) is 43.4 Å². The summed E-state index contributed by atoms with van der Waals surface area (Å²) in [5.41, 5.74) is -5.40. The van der Waals surface area contributed by atoms with Crippen LogP contribution in [0.5, 0.6) is 0 Å². The van der Waals surface area contributed by atoms with Crippen molar-refractivity contribution in [3.05, 3.63) is 23.1 Å². The van der Waals surface area contributed by atoms with Crippen molar-refractivity contribution in [1.29, 1.82) is 0 Å². The number of rotatable bonds is 3. The standard InChI is InChI=1S/C14H21F3O3SSi/c1-22(2,3)13-9-11-7-5-4-6-10(11)8-12(13)20-21(18,19)14(15,16)17/h8-11H,4-7H2,1-3H3/t10-,11+/m0/s1. The van der Waals surface area contributed by atoms with Gasteiger partial charge in [-0.3, -0.25) is 0 Å². The molecule has 22 heavy (non-hydrogen) atoms. The SMILES string of the molecule is C[Si](C)(C)C1=C[C@H]2CCCC[C@H]2C=C1OS(=O)(=O)C(F)(F)F. The summed E-state index contributed by atoms with van der Waals surface area (Å²) in [5.74, 6) is 0.267. The second-order valence-electron chi connectivity index (χ2n) is 6.96. The summed E-state index contributed by atoms with van der Waals surface area (Å²) < 4.78 is 65.0. The van der Waals surface area contributed by atoms with Crippen LogP contribution in [0.3, 0.4) is 0 Å². The van der Waals surface area contributed by atoms with Gasteiger partial charge in [-0.05, 0) is 35.9 Å². The Bertz CT molecular complexity index is 600. The molecule has 0 saturated heterocycles. The molecule has 0 amide bonds. The molecule has 2 aliphatic carbocycles. The number of alkyl halides is 3. The van der Waals surface area contributed by atoms with Gasteiger partial charge in [-0.1, -0.05) is 38.6 Å². The van der Waals surface area contributed by atoms with E-state index in [1.807, 2.05) is 25.7 Å². The van der Waals surface area contributed by atoms with Crippen LogP contribution in [0.25, 0.3) is 0 Å². The number of fused-ring (bicyclic) bond motifs is 1. The Morgan fingerprint density at radius 2 is 1.59 bits per heavy atom. The highest BCUT2D eigenvalue weighted by Gasteiger charge is 2.50. The fourth-order valence-corrected chi connectivity index (χ4v) is 5.18. The van der Waals surface area contributed by atoms with E-state index in [2.05, 4.69) is 4.18 Å². The molecule has 8 heteroatoms. The molecule has 0 heterocycles. The lowest BCUT2D eigenvalue weighted by atomic mass is 9.77. The molecule has 0 aromatic carbocycles. The highest BCUT2D eigenvalue weighted by atomic mass is 32.2. The zero-order valence-electron chi connectivity index (χ0n) is 12.9. The first kappa shape index (κ1) is 17.6. The maximum atomic E-state index is 12.6. The van der Waals surface area contributed by atoms with E-state index < -0.39 is 23.7 Å². The Hall–Kier alpha value is -0.763. The van der Waals surface area contributed by atoms with Gasteiger partial charge in [-0.15, -0.1) is 0 Å². The quantitative estimate of drug-likeness (QED) is 0.430. The lowest BCUT2D eigenvalue weighted by molar-refractivity contribution is -0.0520. The second-order valence-corrected chi connectivity index (χ2v) is 13.5. The Kier molecular flexibility index (Phi) is 4.56. The van der Waals surface area contributed by atoms with Crippen molar-refractivity contribution in [3.63, 3.8) is 0 Å². The van der Waals surface area contributed by atoms with Crippen LogP contribution in [0.2, 0.25) is 19.6 Å². The molecule has 0 aromatic rings. The molecular formula is C14H21F3O3SSi. The highest BCUT2D eigenvalue weighted by molar-refractivity contribution is 7.87. The predicted molar refractivity (Wildman–Crippen MR) is 81.0 cm³/mol. The maximum Gasteiger partial charge on any atom is 0.534 e. The zero-order chi connectivity index (χ0) is 16.8. The van der Waals surface area contributed by atoms with Crippen molar-refractivity contribution in [2.24, 2.45) is 11.8 Å². The molecular weight excluding hydrogens is 333 g/mol. The van der Waals surface area contributed by atoms with Gasteiger partial charge in [0, 0.05) is 0 Å². The lowest BCUT2D eigenvalue weighted by Gasteiger charge is -2.35. The van der Waals surface area contributed by atoms with E-state index in [0.29, 0.717) is 5.20 Å². The van der Waals surface area contributed by atoms with Crippen LogP contribution in [0.1, 0.15) is 25.7 Å². The highest BCUT2D eigenvalue weighted by Crippen LogP contribution is 2.42. The first-order valence-electron chi connectivity index (χ1n) is 7.37. The fourth-order valence-electron chi connectivity index (χ4n) is 3.04. The van der Waals surface area contributed by atoms with E-state index in [-0.39, 0.29) is 17.6 Å². The van der Waals surface area contributed by atoms with Gasteiger partial charge in [0.15, 0.2) is 0 Å². The molecule has 0 aliphatic heterocycles. The van der Waals surface area contributed by atoms with E-state index in [4.69, 9.17) is 0 Å². The molecule has 0 N–H and O–H groups in total. The Morgan fingerprint density at radius 3 is 2.05 bits per heavy atom. The second kappa shape index (κ2) is 5.70.